The molecule has 2 unspecified atom stereocenters. The van der Waals surface area contributed by atoms with Crippen LogP contribution in [0.1, 0.15) is 53.4 Å². The maximum atomic E-state index is 11.7. The smallest absolute Gasteiger partial charge is 0.223 e. The predicted molar refractivity (Wildman–Crippen MR) is 99.3 cm³/mol. The zero-order chi connectivity index (χ0) is 18.2. The first-order chi connectivity index (χ1) is 11.4. The molecule has 0 heterocycles. The lowest BCUT2D eigenvalue weighted by molar-refractivity contribution is -0.133. The van der Waals surface area contributed by atoms with Crippen molar-refractivity contribution in [3.05, 3.63) is 0 Å². The van der Waals surface area contributed by atoms with Crippen LogP contribution in [0.3, 0.4) is 0 Å². The standard InChI is InChI=1S/C18H36N4O2/c1-7-18(8-2)14(13-15(18)24-10-4)21-17(19-9-3)20-12-11-16(23)22(5)6/h14-15H,7-13H2,1-6H3,(H2,19,20,21). The Balaban J connectivity index is 2.68. The predicted octanol–water partition coefficient (Wildman–Crippen LogP) is 2.00. The van der Waals surface area contributed by atoms with Gasteiger partial charge in [0.05, 0.1) is 12.6 Å². The number of carbonyl (C=O) groups excluding carboxylic acids is 1. The van der Waals surface area contributed by atoms with E-state index in [1.165, 1.54) is 0 Å². The average molecular weight is 341 g/mol. The molecular weight excluding hydrogens is 304 g/mol. The van der Waals surface area contributed by atoms with Crippen molar-refractivity contribution < 1.29 is 9.53 Å². The van der Waals surface area contributed by atoms with Gasteiger partial charge in [0.15, 0.2) is 5.96 Å². The van der Waals surface area contributed by atoms with Crippen LogP contribution in [0.25, 0.3) is 0 Å². The zero-order valence-corrected chi connectivity index (χ0v) is 16.3. The molecule has 2 atom stereocenters. The number of hydrogen-bond donors (Lipinski definition) is 2. The van der Waals surface area contributed by atoms with E-state index in [1.54, 1.807) is 19.0 Å². The molecule has 24 heavy (non-hydrogen) atoms. The Morgan fingerprint density at radius 3 is 2.42 bits per heavy atom. The molecule has 1 amide bonds. The number of rotatable bonds is 9. The molecule has 1 saturated carbocycles. The number of guanidine groups is 1. The molecule has 1 rings (SSSR count). The van der Waals surface area contributed by atoms with Gasteiger partial charge in [-0.2, -0.15) is 0 Å². The van der Waals surface area contributed by atoms with Crippen LogP contribution in [0.5, 0.6) is 0 Å². The van der Waals surface area contributed by atoms with Crippen LogP contribution in [0.2, 0.25) is 0 Å². The van der Waals surface area contributed by atoms with Crippen molar-refractivity contribution in [3.63, 3.8) is 0 Å². The third-order valence-electron chi connectivity index (χ3n) is 5.22. The number of ether oxygens (including phenoxy) is 1. The van der Waals surface area contributed by atoms with Crippen molar-refractivity contribution in [2.75, 3.05) is 33.8 Å². The first-order valence-electron chi connectivity index (χ1n) is 9.31. The van der Waals surface area contributed by atoms with Gasteiger partial charge in [-0.15, -0.1) is 0 Å². The van der Waals surface area contributed by atoms with E-state index in [2.05, 4.69) is 43.3 Å². The molecule has 6 nitrogen and oxygen atoms in total. The highest BCUT2D eigenvalue weighted by atomic mass is 16.5. The van der Waals surface area contributed by atoms with Gasteiger partial charge in [0.1, 0.15) is 0 Å². The lowest BCUT2D eigenvalue weighted by atomic mass is 9.58. The summed E-state index contributed by atoms with van der Waals surface area (Å²) in [7, 11) is 3.54. The van der Waals surface area contributed by atoms with Gasteiger partial charge in [0, 0.05) is 45.1 Å². The fraction of sp³-hybridized carbons (Fsp3) is 0.889. The third kappa shape index (κ3) is 4.85. The highest BCUT2D eigenvalue weighted by Crippen LogP contribution is 2.48. The molecule has 1 aliphatic rings. The largest absolute Gasteiger partial charge is 0.378 e. The number of aliphatic imine (C=N–C) groups is 1. The van der Waals surface area contributed by atoms with E-state index >= 15 is 0 Å². The molecule has 0 bridgehead atoms. The van der Waals surface area contributed by atoms with Crippen molar-refractivity contribution in [3.8, 4) is 0 Å². The van der Waals surface area contributed by atoms with Crippen molar-refractivity contribution in [1.29, 1.82) is 0 Å². The van der Waals surface area contributed by atoms with Crippen molar-refractivity contribution in [2.45, 2.75) is 65.5 Å². The van der Waals surface area contributed by atoms with Crippen LogP contribution in [0.4, 0.5) is 0 Å². The first kappa shape index (κ1) is 20.7. The molecule has 0 saturated heterocycles. The van der Waals surface area contributed by atoms with E-state index in [0.29, 0.717) is 25.1 Å². The lowest BCUT2D eigenvalue weighted by Crippen LogP contribution is -2.65. The molecule has 0 aromatic rings. The number of carbonyl (C=O) groups is 1. The Kier molecular flexibility index (Phi) is 8.53. The van der Waals surface area contributed by atoms with Crippen molar-refractivity contribution >= 4 is 11.9 Å². The van der Waals surface area contributed by atoms with Gasteiger partial charge in [-0.05, 0) is 33.1 Å². The molecule has 0 radical (unpaired) electrons. The van der Waals surface area contributed by atoms with E-state index in [4.69, 9.17) is 4.74 Å². The van der Waals surface area contributed by atoms with Crippen molar-refractivity contribution in [2.24, 2.45) is 10.4 Å². The lowest BCUT2D eigenvalue weighted by Gasteiger charge is -2.55. The zero-order valence-electron chi connectivity index (χ0n) is 16.3. The molecule has 1 fully saturated rings. The second-order valence-corrected chi connectivity index (χ2v) is 6.62. The summed E-state index contributed by atoms with van der Waals surface area (Å²) in [5, 5.41) is 6.86. The second kappa shape index (κ2) is 9.87. The average Bonchev–Trinajstić information content (AvgIpc) is 2.54. The SMILES string of the molecule is CCNC(=NCCC(=O)N(C)C)NC1CC(OCC)C1(CC)CC. The normalized spacial score (nSPS) is 22.7. The molecule has 0 spiro atoms. The molecule has 2 N–H and O–H groups in total. The Hall–Kier alpha value is -1.30. The molecule has 0 aliphatic heterocycles. The molecule has 1 aliphatic carbocycles. The Bertz CT molecular complexity index is 419. The number of amides is 1. The summed E-state index contributed by atoms with van der Waals surface area (Å²) in [4.78, 5) is 17.9. The third-order valence-corrected chi connectivity index (χ3v) is 5.22. The van der Waals surface area contributed by atoms with Crippen LogP contribution < -0.4 is 10.6 Å². The summed E-state index contributed by atoms with van der Waals surface area (Å²) < 4.78 is 5.94. The van der Waals surface area contributed by atoms with Crippen LogP contribution in [0, 0.1) is 5.41 Å². The van der Waals surface area contributed by atoms with Crippen LogP contribution >= 0.6 is 0 Å². The van der Waals surface area contributed by atoms with Crippen LogP contribution in [-0.4, -0.2) is 62.7 Å². The maximum Gasteiger partial charge on any atom is 0.223 e. The highest BCUT2D eigenvalue weighted by Gasteiger charge is 2.53. The fourth-order valence-electron chi connectivity index (χ4n) is 3.56. The molecule has 140 valence electrons. The summed E-state index contributed by atoms with van der Waals surface area (Å²) in [6.07, 6.45) is 3.95. The minimum atomic E-state index is 0.103. The van der Waals surface area contributed by atoms with Crippen LogP contribution in [0.15, 0.2) is 4.99 Å². The van der Waals surface area contributed by atoms with Gasteiger partial charge in [-0.1, -0.05) is 13.8 Å². The van der Waals surface area contributed by atoms with E-state index < -0.39 is 0 Å². The summed E-state index contributed by atoms with van der Waals surface area (Å²) >= 11 is 0. The van der Waals surface area contributed by atoms with E-state index in [0.717, 1.165) is 38.4 Å². The van der Waals surface area contributed by atoms with E-state index in [9.17, 15) is 4.79 Å². The molecule has 0 aromatic carbocycles. The summed E-state index contributed by atoms with van der Waals surface area (Å²) in [5.41, 5.74) is 0.172. The van der Waals surface area contributed by atoms with Gasteiger partial charge in [-0.25, -0.2) is 0 Å². The van der Waals surface area contributed by atoms with E-state index in [1.807, 2.05) is 0 Å². The Morgan fingerprint density at radius 1 is 1.25 bits per heavy atom. The molecule has 6 heteroatoms. The second-order valence-electron chi connectivity index (χ2n) is 6.62. The topological polar surface area (TPSA) is 66.0 Å². The van der Waals surface area contributed by atoms with E-state index in [-0.39, 0.29) is 11.3 Å². The van der Waals surface area contributed by atoms with Gasteiger partial charge in [0.25, 0.3) is 0 Å². The van der Waals surface area contributed by atoms with Gasteiger partial charge >= 0.3 is 0 Å². The minimum absolute atomic E-state index is 0.103. The van der Waals surface area contributed by atoms with Gasteiger partial charge in [0.2, 0.25) is 5.91 Å². The quantitative estimate of drug-likeness (QED) is 0.498. The Labute approximate surface area is 147 Å². The first-order valence-corrected chi connectivity index (χ1v) is 9.31. The number of hydrogen-bond acceptors (Lipinski definition) is 3. The fourth-order valence-corrected chi connectivity index (χ4v) is 3.56. The van der Waals surface area contributed by atoms with Crippen molar-refractivity contribution in [1.82, 2.24) is 15.5 Å². The summed E-state index contributed by atoms with van der Waals surface area (Å²) in [5.74, 6) is 0.904. The van der Waals surface area contributed by atoms with Crippen LogP contribution in [-0.2, 0) is 9.53 Å². The minimum Gasteiger partial charge on any atom is -0.378 e. The maximum absolute atomic E-state index is 11.7. The molecular formula is C18H36N4O2. The molecule has 0 aromatic heterocycles. The summed E-state index contributed by atoms with van der Waals surface area (Å²) in [6, 6.07) is 0.367. The Morgan fingerprint density at radius 2 is 1.92 bits per heavy atom. The highest BCUT2D eigenvalue weighted by molar-refractivity contribution is 5.81. The summed E-state index contributed by atoms with van der Waals surface area (Å²) in [6.45, 7) is 10.7. The number of nitrogens with one attached hydrogen (secondary N) is 2. The van der Waals surface area contributed by atoms with Gasteiger partial charge < -0.3 is 20.3 Å². The number of nitrogens with zero attached hydrogens (tertiary/aromatic N) is 2. The van der Waals surface area contributed by atoms with Gasteiger partial charge in [-0.3, -0.25) is 9.79 Å². The monoisotopic (exact) mass is 340 g/mol.